The molecule has 0 amide bonds. The van der Waals surface area contributed by atoms with E-state index in [2.05, 4.69) is 18.9 Å². The monoisotopic (exact) mass is 276 g/mol. The number of likely N-dealkylation sites (N-methyl/N-ethyl adjacent to an activating group) is 1. The molecule has 0 aromatic rings. The predicted molar refractivity (Wildman–Crippen MR) is 78.5 cm³/mol. The van der Waals surface area contributed by atoms with Gasteiger partial charge in [-0.1, -0.05) is 13.3 Å². The van der Waals surface area contributed by atoms with E-state index in [4.69, 9.17) is 19.9 Å². The zero-order valence-corrected chi connectivity index (χ0v) is 12.7. The topological polar surface area (TPSA) is 57.0 Å². The molecule has 0 heterocycles. The Morgan fingerprint density at radius 3 is 1.95 bits per heavy atom. The number of hydrogen-bond acceptors (Lipinski definition) is 5. The average molecular weight is 276 g/mol. The standard InChI is InChI=1S/C14H32N2O3/c1-3-4-9-17-11-13-19-14-12-18-10-8-16(2)7-5-6-15/h3-15H2,1-2H3. The van der Waals surface area contributed by atoms with Gasteiger partial charge in [-0.05, 0) is 33.0 Å². The molecule has 0 spiro atoms. The van der Waals surface area contributed by atoms with Crippen molar-refractivity contribution >= 4 is 0 Å². The first-order valence-electron chi connectivity index (χ1n) is 7.43. The molecule has 0 aromatic heterocycles. The van der Waals surface area contributed by atoms with Crippen molar-refractivity contribution in [2.75, 3.05) is 66.3 Å². The van der Waals surface area contributed by atoms with Gasteiger partial charge in [0.15, 0.2) is 0 Å². The predicted octanol–water partition coefficient (Wildman–Crippen LogP) is 1.12. The lowest BCUT2D eigenvalue weighted by Gasteiger charge is -2.15. The van der Waals surface area contributed by atoms with Gasteiger partial charge in [-0.2, -0.15) is 0 Å². The lowest BCUT2D eigenvalue weighted by atomic mass is 10.4. The highest BCUT2D eigenvalue weighted by Crippen LogP contribution is 1.89. The van der Waals surface area contributed by atoms with Crippen molar-refractivity contribution in [3.8, 4) is 0 Å². The number of nitrogens with two attached hydrogens (primary N) is 1. The van der Waals surface area contributed by atoms with E-state index in [1.807, 2.05) is 0 Å². The second kappa shape index (κ2) is 15.9. The molecule has 5 heteroatoms. The van der Waals surface area contributed by atoms with Gasteiger partial charge in [0.2, 0.25) is 0 Å². The van der Waals surface area contributed by atoms with Crippen LogP contribution in [0.4, 0.5) is 0 Å². The molecule has 0 bridgehead atoms. The molecule has 0 fully saturated rings. The molecule has 0 aliphatic heterocycles. The second-order valence-corrected chi connectivity index (χ2v) is 4.64. The third kappa shape index (κ3) is 15.7. The van der Waals surface area contributed by atoms with Crippen LogP contribution in [0, 0.1) is 0 Å². The van der Waals surface area contributed by atoms with Gasteiger partial charge >= 0.3 is 0 Å². The summed E-state index contributed by atoms with van der Waals surface area (Å²) in [5, 5.41) is 0. The smallest absolute Gasteiger partial charge is 0.0701 e. The third-order valence-electron chi connectivity index (χ3n) is 2.75. The van der Waals surface area contributed by atoms with E-state index in [0.29, 0.717) is 26.4 Å². The Labute approximate surface area is 118 Å². The van der Waals surface area contributed by atoms with Crippen molar-refractivity contribution in [3.63, 3.8) is 0 Å². The minimum Gasteiger partial charge on any atom is -0.379 e. The number of rotatable bonds is 15. The minimum absolute atomic E-state index is 0.643. The summed E-state index contributed by atoms with van der Waals surface area (Å²) in [7, 11) is 2.09. The van der Waals surface area contributed by atoms with Gasteiger partial charge in [0.1, 0.15) is 0 Å². The summed E-state index contributed by atoms with van der Waals surface area (Å²) in [5.74, 6) is 0. The summed E-state index contributed by atoms with van der Waals surface area (Å²) in [5.41, 5.74) is 5.45. The zero-order valence-electron chi connectivity index (χ0n) is 12.7. The lowest BCUT2D eigenvalue weighted by Crippen LogP contribution is -2.26. The maximum absolute atomic E-state index is 5.49. The van der Waals surface area contributed by atoms with Crippen molar-refractivity contribution in [2.45, 2.75) is 26.2 Å². The maximum atomic E-state index is 5.49. The van der Waals surface area contributed by atoms with Crippen LogP contribution in [0.1, 0.15) is 26.2 Å². The molecular weight excluding hydrogens is 244 g/mol. The molecule has 116 valence electrons. The molecule has 0 aromatic carbocycles. The van der Waals surface area contributed by atoms with Gasteiger partial charge in [-0.3, -0.25) is 0 Å². The summed E-state index contributed by atoms with van der Waals surface area (Å²) in [6, 6.07) is 0. The van der Waals surface area contributed by atoms with Crippen molar-refractivity contribution in [1.29, 1.82) is 0 Å². The summed E-state index contributed by atoms with van der Waals surface area (Å²) in [4.78, 5) is 2.23. The molecule has 0 unspecified atom stereocenters. The second-order valence-electron chi connectivity index (χ2n) is 4.64. The van der Waals surface area contributed by atoms with Crippen LogP contribution in [-0.4, -0.2) is 71.2 Å². The van der Waals surface area contributed by atoms with Crippen LogP contribution in [-0.2, 0) is 14.2 Å². The number of nitrogens with zero attached hydrogens (tertiary/aromatic N) is 1. The van der Waals surface area contributed by atoms with Gasteiger partial charge in [0.05, 0.1) is 33.0 Å². The summed E-state index contributed by atoms with van der Waals surface area (Å²) < 4.78 is 16.3. The SMILES string of the molecule is CCCCOCCOCCOCCN(C)CCCN. The van der Waals surface area contributed by atoms with Crippen molar-refractivity contribution in [2.24, 2.45) is 5.73 Å². The van der Waals surface area contributed by atoms with Gasteiger partial charge in [0.25, 0.3) is 0 Å². The molecule has 19 heavy (non-hydrogen) atoms. The summed E-state index contributed by atoms with van der Waals surface area (Å²) in [6.07, 6.45) is 3.34. The molecule has 0 aliphatic rings. The number of ether oxygens (including phenoxy) is 3. The first-order valence-corrected chi connectivity index (χ1v) is 7.43. The van der Waals surface area contributed by atoms with Crippen LogP contribution < -0.4 is 5.73 Å². The number of unbranched alkanes of at least 4 members (excludes halogenated alkanes) is 1. The Balaban J connectivity index is 3.02. The van der Waals surface area contributed by atoms with E-state index in [0.717, 1.165) is 45.7 Å². The van der Waals surface area contributed by atoms with Crippen molar-refractivity contribution in [1.82, 2.24) is 4.90 Å². The first kappa shape index (κ1) is 18.8. The largest absolute Gasteiger partial charge is 0.379 e. The van der Waals surface area contributed by atoms with Crippen LogP contribution in [0.15, 0.2) is 0 Å². The Morgan fingerprint density at radius 2 is 1.37 bits per heavy atom. The van der Waals surface area contributed by atoms with Gasteiger partial charge in [-0.15, -0.1) is 0 Å². The highest BCUT2D eigenvalue weighted by atomic mass is 16.5. The Hall–Kier alpha value is -0.200. The highest BCUT2D eigenvalue weighted by Gasteiger charge is 1.97. The Kier molecular flexibility index (Phi) is 15.7. The quantitative estimate of drug-likeness (QED) is 0.454. The molecule has 0 saturated heterocycles. The molecule has 0 aliphatic carbocycles. The average Bonchev–Trinajstić information content (AvgIpc) is 2.42. The normalized spacial score (nSPS) is 11.4. The van der Waals surface area contributed by atoms with Crippen LogP contribution in [0.3, 0.4) is 0 Å². The van der Waals surface area contributed by atoms with Crippen LogP contribution >= 0.6 is 0 Å². The molecular formula is C14H32N2O3. The minimum atomic E-state index is 0.643. The van der Waals surface area contributed by atoms with E-state index in [1.165, 1.54) is 6.42 Å². The highest BCUT2D eigenvalue weighted by molar-refractivity contribution is 4.51. The fourth-order valence-corrected chi connectivity index (χ4v) is 1.48. The first-order chi connectivity index (χ1) is 9.31. The van der Waals surface area contributed by atoms with Crippen LogP contribution in [0.25, 0.3) is 0 Å². The van der Waals surface area contributed by atoms with Gasteiger partial charge in [0, 0.05) is 13.2 Å². The third-order valence-corrected chi connectivity index (χ3v) is 2.75. The molecule has 0 radical (unpaired) electrons. The van der Waals surface area contributed by atoms with E-state index < -0.39 is 0 Å². The fourth-order valence-electron chi connectivity index (χ4n) is 1.48. The van der Waals surface area contributed by atoms with Crippen LogP contribution in [0.5, 0.6) is 0 Å². The molecule has 0 rings (SSSR count). The maximum Gasteiger partial charge on any atom is 0.0701 e. The fraction of sp³-hybridized carbons (Fsp3) is 1.00. The summed E-state index contributed by atoms with van der Waals surface area (Å²) in [6.45, 7) is 9.10. The zero-order chi connectivity index (χ0) is 14.2. The van der Waals surface area contributed by atoms with Gasteiger partial charge < -0.3 is 24.8 Å². The van der Waals surface area contributed by atoms with Crippen LogP contribution in [0.2, 0.25) is 0 Å². The van der Waals surface area contributed by atoms with E-state index in [-0.39, 0.29) is 0 Å². The van der Waals surface area contributed by atoms with E-state index >= 15 is 0 Å². The lowest BCUT2D eigenvalue weighted by molar-refractivity contribution is 0.0111. The Bertz CT molecular complexity index is 171. The van der Waals surface area contributed by atoms with E-state index in [9.17, 15) is 0 Å². The van der Waals surface area contributed by atoms with Gasteiger partial charge in [-0.25, -0.2) is 0 Å². The molecule has 0 saturated carbocycles. The Morgan fingerprint density at radius 1 is 0.789 bits per heavy atom. The van der Waals surface area contributed by atoms with Crippen molar-refractivity contribution in [3.05, 3.63) is 0 Å². The number of hydrogen-bond donors (Lipinski definition) is 1. The summed E-state index contributed by atoms with van der Waals surface area (Å²) >= 11 is 0. The van der Waals surface area contributed by atoms with Crippen molar-refractivity contribution < 1.29 is 14.2 Å². The molecule has 5 nitrogen and oxygen atoms in total. The molecule has 2 N–H and O–H groups in total. The molecule has 0 atom stereocenters. The van der Waals surface area contributed by atoms with E-state index in [1.54, 1.807) is 0 Å².